The molecular weight excluding hydrogens is 716 g/mol. The minimum Gasteiger partial charge on any atom is -0.462 e. The van der Waals surface area contributed by atoms with Crippen LogP contribution < -0.4 is 0 Å². The molecule has 0 unspecified atom stereocenters. The smallest absolute Gasteiger partial charge is 0.385 e. The highest BCUT2D eigenvalue weighted by Crippen LogP contribution is 2.66. The highest BCUT2D eigenvalue weighted by atomic mass is 19.4. The van der Waals surface area contributed by atoms with Gasteiger partial charge in [0.25, 0.3) is 0 Å². The van der Waals surface area contributed by atoms with Crippen molar-refractivity contribution in [1.29, 1.82) is 0 Å². The molecule has 0 aromatic heterocycles. The van der Waals surface area contributed by atoms with Gasteiger partial charge in [-0.3, -0.25) is 0 Å². The van der Waals surface area contributed by atoms with Crippen molar-refractivity contribution >= 4 is 5.97 Å². The van der Waals surface area contributed by atoms with Crippen molar-refractivity contribution in [3.8, 4) is 0 Å². The van der Waals surface area contributed by atoms with Gasteiger partial charge in [-0.2, -0.15) is 87.8 Å². The second-order valence-corrected chi connectivity index (χ2v) is 10.2. The molecule has 0 atom stereocenters. The van der Waals surface area contributed by atoms with Crippen LogP contribution >= 0.6 is 0 Å². The maximum absolute atomic E-state index is 14.0. The van der Waals surface area contributed by atoms with Crippen LogP contribution in [0, 0.1) is 0 Å². The van der Waals surface area contributed by atoms with Crippen LogP contribution in [-0.2, 0) is 9.53 Å². The zero-order chi connectivity index (χ0) is 37.9. The Hall–Kier alpha value is -2.23. The van der Waals surface area contributed by atoms with Crippen molar-refractivity contribution < 1.29 is 102 Å². The normalized spacial score (nSPS) is 15.2. The van der Waals surface area contributed by atoms with Gasteiger partial charge < -0.3 is 9.84 Å². The molecule has 0 amide bonds. The quantitative estimate of drug-likeness (QED) is 0.0552. The Bertz CT molecular complexity index is 1070. The van der Waals surface area contributed by atoms with Gasteiger partial charge in [0.1, 0.15) is 0 Å². The number of halogens is 20. The summed E-state index contributed by atoms with van der Waals surface area (Å²) in [6.07, 6.45) is -8.22. The fourth-order valence-corrected chi connectivity index (χ4v) is 3.53. The Kier molecular flexibility index (Phi) is 13.6. The van der Waals surface area contributed by atoms with Gasteiger partial charge in [-0.1, -0.05) is 39.2 Å². The van der Waals surface area contributed by atoms with E-state index in [0.29, 0.717) is 6.42 Å². The third-order valence-electron chi connectivity index (χ3n) is 6.62. The Morgan fingerprint density at radius 2 is 0.809 bits per heavy atom. The van der Waals surface area contributed by atoms with Gasteiger partial charge in [-0.25, -0.2) is 4.79 Å². The third-order valence-corrected chi connectivity index (χ3v) is 6.62. The number of ether oxygens (including phenoxy) is 1. The van der Waals surface area contributed by atoms with E-state index < -0.39 is 116 Å². The average molecular weight is 742 g/mol. The summed E-state index contributed by atoms with van der Waals surface area (Å²) in [5.74, 6) is -83.7. The molecule has 0 aliphatic carbocycles. The predicted octanol–water partition coefficient (Wildman–Crippen LogP) is 9.57. The fourth-order valence-electron chi connectivity index (χ4n) is 3.53. The Morgan fingerprint density at radius 1 is 0.511 bits per heavy atom. The maximum Gasteiger partial charge on any atom is 0.385 e. The van der Waals surface area contributed by atoms with Gasteiger partial charge in [0, 0.05) is 12.8 Å². The van der Waals surface area contributed by atoms with Gasteiger partial charge >= 0.3 is 65.2 Å². The summed E-state index contributed by atoms with van der Waals surface area (Å²) in [5.41, 5.74) is -0.803. The highest BCUT2D eigenvalue weighted by molar-refractivity contribution is 5.87. The molecule has 0 spiro atoms. The van der Waals surface area contributed by atoms with E-state index in [-0.39, 0.29) is 12.8 Å². The largest absolute Gasteiger partial charge is 0.462 e. The highest BCUT2D eigenvalue weighted by Gasteiger charge is 2.97. The number of carbonyl (C=O) groups is 1. The number of carbonyl (C=O) groups excluding carboxylic acids is 1. The summed E-state index contributed by atoms with van der Waals surface area (Å²) < 4.78 is 284. The number of rotatable bonds is 21. The first-order valence-corrected chi connectivity index (χ1v) is 12.9. The molecule has 0 aliphatic heterocycles. The minimum absolute atomic E-state index is 0.0454. The van der Waals surface area contributed by atoms with Crippen LogP contribution in [0.1, 0.15) is 58.3 Å². The lowest BCUT2D eigenvalue weighted by Gasteiger charge is -2.45. The summed E-state index contributed by atoms with van der Waals surface area (Å²) in [6, 6.07) is 0. The van der Waals surface area contributed by atoms with Gasteiger partial charge in [0.15, 0.2) is 0 Å². The lowest BCUT2D eigenvalue weighted by Crippen LogP contribution is -2.77. The second kappa shape index (κ2) is 14.3. The minimum atomic E-state index is -9.08. The molecule has 0 bridgehead atoms. The van der Waals surface area contributed by atoms with Crippen molar-refractivity contribution in [2.24, 2.45) is 0 Å². The molecule has 0 rings (SSSR count). The van der Waals surface area contributed by atoms with Gasteiger partial charge in [-0.15, -0.1) is 0 Å². The lowest BCUT2D eigenvalue weighted by atomic mass is 9.84. The predicted molar refractivity (Wildman–Crippen MR) is 119 cm³/mol. The molecule has 0 fully saturated rings. The summed E-state index contributed by atoms with van der Waals surface area (Å²) in [5, 5.41) is 8.56. The summed E-state index contributed by atoms with van der Waals surface area (Å²) >= 11 is 0. The fraction of sp³-hybridized carbons (Fsp3) is 0.875. The zero-order valence-electron chi connectivity index (χ0n) is 23.6. The molecule has 0 aliphatic rings. The van der Waals surface area contributed by atoms with Crippen molar-refractivity contribution in [2.45, 2.75) is 118 Å². The van der Waals surface area contributed by atoms with Crippen LogP contribution in [0.3, 0.4) is 0 Å². The van der Waals surface area contributed by atoms with Crippen LogP contribution in [0.25, 0.3) is 0 Å². The molecule has 23 heteroatoms. The van der Waals surface area contributed by atoms with Gasteiger partial charge in [0.05, 0.1) is 18.8 Å². The maximum atomic E-state index is 14.0. The third kappa shape index (κ3) is 7.52. The number of hydrogen-bond acceptors (Lipinski definition) is 3. The second-order valence-electron chi connectivity index (χ2n) is 10.2. The van der Waals surface area contributed by atoms with E-state index in [2.05, 4.69) is 11.3 Å². The average Bonchev–Trinajstić information content (AvgIpc) is 2.93. The van der Waals surface area contributed by atoms with Crippen LogP contribution in [0.2, 0.25) is 0 Å². The number of esters is 1. The summed E-state index contributed by atoms with van der Waals surface area (Å²) in [6.45, 7) is 1.76. The van der Waals surface area contributed by atoms with E-state index in [4.69, 9.17) is 5.11 Å². The number of hydrogen-bond donors (Lipinski definition) is 1. The van der Waals surface area contributed by atoms with Crippen LogP contribution in [0.15, 0.2) is 12.2 Å². The van der Waals surface area contributed by atoms with E-state index in [1.54, 1.807) is 0 Å². The molecule has 0 aromatic carbocycles. The number of aliphatic hydroxyl groups excluding tert-OH is 1. The van der Waals surface area contributed by atoms with Crippen LogP contribution in [0.5, 0.6) is 0 Å². The van der Waals surface area contributed by atoms with Crippen molar-refractivity contribution in [1.82, 2.24) is 0 Å². The summed E-state index contributed by atoms with van der Waals surface area (Å²) in [7, 11) is 0. The summed E-state index contributed by atoms with van der Waals surface area (Å²) in [4.78, 5) is 11.1. The zero-order valence-corrected chi connectivity index (χ0v) is 23.6. The number of alkyl halides is 20. The standard InChI is InChI=1S/C24H26F20O3/c1-3-4-5-6-7-9-15(25,26)17(29,30)19(33,34)21(37,38)23(41,42)24(43,44)22(39,40)20(35,36)18(31,32)16(27,28)10-8-11-47-14(46)13(2)12-45/h45H,2-12H2,1H3. The van der Waals surface area contributed by atoms with E-state index in [0.717, 1.165) is 0 Å². The molecule has 0 heterocycles. The first-order chi connectivity index (χ1) is 20.7. The van der Waals surface area contributed by atoms with E-state index in [9.17, 15) is 92.6 Å². The molecule has 0 saturated carbocycles. The first-order valence-electron chi connectivity index (χ1n) is 12.9. The molecule has 0 radical (unpaired) electrons. The van der Waals surface area contributed by atoms with Crippen LogP contribution in [-0.4, -0.2) is 83.5 Å². The monoisotopic (exact) mass is 742 g/mol. The molecule has 3 nitrogen and oxygen atoms in total. The van der Waals surface area contributed by atoms with Crippen LogP contribution in [0.4, 0.5) is 87.8 Å². The topological polar surface area (TPSA) is 46.5 Å². The van der Waals surface area contributed by atoms with Crippen molar-refractivity contribution in [3.63, 3.8) is 0 Å². The lowest BCUT2D eigenvalue weighted by molar-refractivity contribution is -0.469. The molecule has 0 saturated heterocycles. The molecular formula is C24H26F20O3. The number of unbranched alkanes of at least 4 members (excludes halogenated alkanes) is 4. The van der Waals surface area contributed by atoms with Crippen molar-refractivity contribution in [3.05, 3.63) is 12.2 Å². The molecule has 0 aromatic rings. The Balaban J connectivity index is 6.55. The first kappa shape index (κ1) is 44.8. The molecule has 1 N–H and O–H groups in total. The molecule has 280 valence electrons. The van der Waals surface area contributed by atoms with Crippen molar-refractivity contribution in [2.75, 3.05) is 13.2 Å². The van der Waals surface area contributed by atoms with Gasteiger partial charge in [-0.05, 0) is 12.8 Å². The van der Waals surface area contributed by atoms with E-state index in [1.807, 2.05) is 0 Å². The van der Waals surface area contributed by atoms with E-state index >= 15 is 0 Å². The SMILES string of the molecule is C=C(CO)C(=O)OCCCC(F)(F)C(F)(F)C(F)(F)C(F)(F)C(F)(F)C(F)(F)C(F)(F)C(F)(F)C(F)(F)C(F)(F)CCCCCCC. The van der Waals surface area contributed by atoms with E-state index in [1.165, 1.54) is 6.92 Å². The Morgan fingerprint density at radius 3 is 1.13 bits per heavy atom. The molecule has 47 heavy (non-hydrogen) atoms. The van der Waals surface area contributed by atoms with Gasteiger partial charge in [0.2, 0.25) is 0 Å². The Labute approximate surface area is 252 Å². The number of aliphatic hydroxyl groups is 1.